The summed E-state index contributed by atoms with van der Waals surface area (Å²) in [6.45, 7) is 2.13. The minimum absolute atomic E-state index is 0.0184. The topological polar surface area (TPSA) is 43.1 Å². The Morgan fingerprint density at radius 3 is 2.50 bits per heavy atom. The monoisotopic (exact) mass is 215 g/mol. The van der Waals surface area contributed by atoms with E-state index >= 15 is 0 Å². The Labute approximate surface area is 96.2 Å². The third-order valence-electron chi connectivity index (χ3n) is 3.14. The molecule has 1 aliphatic carbocycles. The number of rotatable bonds is 4. The number of allylic oxidation sites excluding steroid dienone is 2. The van der Waals surface area contributed by atoms with E-state index < -0.39 is 0 Å². The summed E-state index contributed by atoms with van der Waals surface area (Å²) >= 11 is 0. The van der Waals surface area contributed by atoms with Gasteiger partial charge in [0.2, 0.25) is 0 Å². The number of carbonyl (C=O) groups excluding carboxylic acids is 1. The van der Waals surface area contributed by atoms with E-state index in [1.165, 1.54) is 0 Å². The van der Waals surface area contributed by atoms with Crippen LogP contribution in [0.2, 0.25) is 0 Å². The number of carbonyl (C=O) groups is 1. The molecule has 2 nitrogen and oxygen atoms in total. The average Bonchev–Trinajstić information content (AvgIpc) is 2.31. The van der Waals surface area contributed by atoms with Crippen LogP contribution >= 0.6 is 0 Å². The van der Waals surface area contributed by atoms with Gasteiger partial charge >= 0.3 is 0 Å². The van der Waals surface area contributed by atoms with Crippen molar-refractivity contribution in [3.63, 3.8) is 0 Å². The van der Waals surface area contributed by atoms with Crippen LogP contribution in [0.3, 0.4) is 0 Å². The number of hydrogen-bond acceptors (Lipinski definition) is 2. The Bertz CT molecular complexity index is 420. The number of Topliss-reactive ketones (excluding diaryl/α,β-unsaturated/α-hetero) is 1. The summed E-state index contributed by atoms with van der Waals surface area (Å²) in [4.78, 5) is 11.9. The fourth-order valence-corrected chi connectivity index (χ4v) is 2.16. The quantitative estimate of drug-likeness (QED) is 0.839. The van der Waals surface area contributed by atoms with Crippen molar-refractivity contribution in [3.8, 4) is 0 Å². The van der Waals surface area contributed by atoms with E-state index in [9.17, 15) is 4.79 Å². The summed E-state index contributed by atoms with van der Waals surface area (Å²) in [7, 11) is 0. The zero-order chi connectivity index (χ0) is 11.5. The summed E-state index contributed by atoms with van der Waals surface area (Å²) < 4.78 is 0. The molecule has 0 heterocycles. The first-order valence-electron chi connectivity index (χ1n) is 5.85. The van der Waals surface area contributed by atoms with Gasteiger partial charge in [-0.3, -0.25) is 4.79 Å². The molecule has 1 aliphatic rings. The number of hydrogen-bond donors (Lipinski definition) is 1. The molecular weight excluding hydrogens is 198 g/mol. The second-order valence-corrected chi connectivity index (χ2v) is 4.26. The van der Waals surface area contributed by atoms with Crippen molar-refractivity contribution in [2.24, 2.45) is 11.7 Å². The molecule has 1 atom stereocenters. The van der Waals surface area contributed by atoms with Crippen LogP contribution in [-0.2, 0) is 4.79 Å². The van der Waals surface area contributed by atoms with E-state index in [1.807, 2.05) is 30.3 Å². The van der Waals surface area contributed by atoms with Crippen molar-refractivity contribution in [2.75, 3.05) is 0 Å². The molecule has 0 amide bonds. The van der Waals surface area contributed by atoms with Gasteiger partial charge in [0.05, 0.1) is 5.92 Å². The number of nitrogens with two attached hydrogens (primary N) is 1. The average molecular weight is 215 g/mol. The van der Waals surface area contributed by atoms with Crippen LogP contribution in [0.4, 0.5) is 0 Å². The van der Waals surface area contributed by atoms with Crippen molar-refractivity contribution in [1.29, 1.82) is 0 Å². The van der Waals surface area contributed by atoms with E-state index in [0.29, 0.717) is 0 Å². The molecule has 0 saturated carbocycles. The lowest BCUT2D eigenvalue weighted by atomic mass is 9.75. The summed E-state index contributed by atoms with van der Waals surface area (Å²) in [6.07, 6.45) is 3.08. The van der Waals surface area contributed by atoms with E-state index in [4.69, 9.17) is 5.73 Å². The van der Waals surface area contributed by atoms with Gasteiger partial charge in [0, 0.05) is 11.3 Å². The van der Waals surface area contributed by atoms with E-state index in [2.05, 4.69) is 6.92 Å². The van der Waals surface area contributed by atoms with Gasteiger partial charge in [-0.05, 0) is 12.0 Å². The van der Waals surface area contributed by atoms with Crippen LogP contribution < -0.4 is 5.73 Å². The van der Waals surface area contributed by atoms with Crippen molar-refractivity contribution < 1.29 is 4.79 Å². The van der Waals surface area contributed by atoms with Crippen LogP contribution in [0.5, 0.6) is 0 Å². The van der Waals surface area contributed by atoms with Gasteiger partial charge in [-0.2, -0.15) is 0 Å². The van der Waals surface area contributed by atoms with Crippen LogP contribution in [-0.4, -0.2) is 5.78 Å². The van der Waals surface area contributed by atoms with E-state index in [0.717, 1.165) is 36.1 Å². The lowest BCUT2D eigenvalue weighted by molar-refractivity contribution is -0.118. The summed E-state index contributed by atoms with van der Waals surface area (Å²) in [5, 5.41) is 0. The first-order chi connectivity index (χ1) is 7.75. The van der Waals surface area contributed by atoms with Crippen LogP contribution in [0.25, 0.3) is 5.57 Å². The van der Waals surface area contributed by atoms with Crippen molar-refractivity contribution >= 4 is 11.4 Å². The molecule has 2 heteroatoms. The van der Waals surface area contributed by atoms with Crippen LogP contribution in [0.15, 0.2) is 36.0 Å². The van der Waals surface area contributed by atoms with E-state index in [1.54, 1.807) is 0 Å². The zero-order valence-electron chi connectivity index (χ0n) is 9.57. The highest BCUT2D eigenvalue weighted by Gasteiger charge is 2.37. The Morgan fingerprint density at radius 1 is 1.25 bits per heavy atom. The number of unbranched alkanes of at least 4 members (excludes halogenated alkanes) is 1. The predicted molar refractivity (Wildman–Crippen MR) is 65.6 cm³/mol. The summed E-state index contributed by atoms with van der Waals surface area (Å²) in [5.41, 5.74) is 8.47. The van der Waals surface area contributed by atoms with Gasteiger partial charge in [-0.15, -0.1) is 0 Å². The summed E-state index contributed by atoms with van der Waals surface area (Å²) in [6, 6.07) is 9.69. The SMILES string of the molecule is CCCCC1C(=O)C(c2ccccc2)=C1N. The zero-order valence-corrected chi connectivity index (χ0v) is 9.57. The second-order valence-electron chi connectivity index (χ2n) is 4.26. The summed E-state index contributed by atoms with van der Waals surface area (Å²) in [5.74, 6) is 0.201. The highest BCUT2D eigenvalue weighted by Crippen LogP contribution is 2.37. The Kier molecular flexibility index (Phi) is 3.09. The molecule has 0 spiro atoms. The molecule has 2 N–H and O–H groups in total. The highest BCUT2D eigenvalue weighted by atomic mass is 16.1. The molecule has 1 aromatic carbocycles. The second kappa shape index (κ2) is 4.52. The fourth-order valence-electron chi connectivity index (χ4n) is 2.16. The molecule has 0 fully saturated rings. The molecule has 0 saturated heterocycles. The lowest BCUT2D eigenvalue weighted by Gasteiger charge is -2.29. The van der Waals surface area contributed by atoms with Gasteiger partial charge in [0.1, 0.15) is 0 Å². The van der Waals surface area contributed by atoms with Gasteiger partial charge < -0.3 is 5.73 Å². The number of benzene rings is 1. The third kappa shape index (κ3) is 1.75. The molecule has 1 aromatic rings. The first-order valence-corrected chi connectivity index (χ1v) is 5.85. The Balaban J connectivity index is 2.19. The van der Waals surface area contributed by atoms with Crippen molar-refractivity contribution in [2.45, 2.75) is 26.2 Å². The van der Waals surface area contributed by atoms with Crippen LogP contribution in [0, 0.1) is 5.92 Å². The maximum atomic E-state index is 11.9. The number of ketones is 1. The Hall–Kier alpha value is -1.57. The third-order valence-corrected chi connectivity index (χ3v) is 3.14. The molecule has 1 unspecified atom stereocenters. The fraction of sp³-hybridized carbons (Fsp3) is 0.357. The maximum absolute atomic E-state index is 11.9. The molecule has 84 valence electrons. The predicted octanol–water partition coefficient (Wildman–Crippen LogP) is 2.75. The molecule has 16 heavy (non-hydrogen) atoms. The normalized spacial score (nSPS) is 19.8. The maximum Gasteiger partial charge on any atom is 0.174 e. The van der Waals surface area contributed by atoms with Gasteiger partial charge in [0.15, 0.2) is 5.78 Å². The van der Waals surface area contributed by atoms with Crippen molar-refractivity contribution in [3.05, 3.63) is 41.6 Å². The molecule has 2 rings (SSSR count). The first kappa shape index (κ1) is 10.9. The molecule has 0 aliphatic heterocycles. The van der Waals surface area contributed by atoms with Gasteiger partial charge in [-0.1, -0.05) is 50.1 Å². The lowest BCUT2D eigenvalue weighted by Crippen LogP contribution is -2.34. The largest absolute Gasteiger partial charge is 0.401 e. The van der Waals surface area contributed by atoms with Crippen LogP contribution in [0.1, 0.15) is 31.7 Å². The minimum atomic E-state index is -0.0184. The standard InChI is InChI=1S/C14H17NO/c1-2-3-9-11-13(15)12(14(11)16)10-7-5-4-6-8-10/h4-8,11H,2-3,9,15H2,1H3. The van der Waals surface area contributed by atoms with E-state index in [-0.39, 0.29) is 11.7 Å². The highest BCUT2D eigenvalue weighted by molar-refractivity contribution is 6.30. The van der Waals surface area contributed by atoms with Gasteiger partial charge in [-0.25, -0.2) is 0 Å². The molecular formula is C14H17NO. The minimum Gasteiger partial charge on any atom is -0.401 e. The molecule has 0 bridgehead atoms. The molecule has 0 aromatic heterocycles. The smallest absolute Gasteiger partial charge is 0.174 e. The van der Waals surface area contributed by atoms with Crippen molar-refractivity contribution in [1.82, 2.24) is 0 Å². The Morgan fingerprint density at radius 2 is 1.94 bits per heavy atom. The molecule has 0 radical (unpaired) electrons. The van der Waals surface area contributed by atoms with Gasteiger partial charge in [0.25, 0.3) is 0 Å².